The highest BCUT2D eigenvalue weighted by atomic mass is 35.5. The van der Waals surface area contributed by atoms with Gasteiger partial charge in [0.05, 0.1) is 6.54 Å². The zero-order chi connectivity index (χ0) is 11.5. The Bertz CT molecular complexity index is 325. The van der Waals surface area contributed by atoms with Gasteiger partial charge in [-0.25, -0.2) is 0 Å². The van der Waals surface area contributed by atoms with Crippen molar-refractivity contribution in [3.05, 3.63) is 34.9 Å². The molecule has 0 saturated carbocycles. The molecule has 0 aromatic heterocycles. The Hall–Kier alpha value is -0.740. The first kappa shape index (κ1) is 12.3. The van der Waals surface area contributed by atoms with E-state index in [-0.39, 0.29) is 0 Å². The molecule has 0 saturated heterocycles. The maximum absolute atomic E-state index is 11.9. The summed E-state index contributed by atoms with van der Waals surface area (Å²) in [5.74, 6) is 0. The highest BCUT2D eigenvalue weighted by Crippen LogP contribution is 2.23. The molecule has 84 valence electrons. The molecule has 0 bridgehead atoms. The summed E-state index contributed by atoms with van der Waals surface area (Å²) in [5.41, 5.74) is 0.670. The Morgan fingerprint density at radius 2 is 1.93 bits per heavy atom. The Morgan fingerprint density at radius 3 is 2.47 bits per heavy atom. The molecule has 0 aliphatic heterocycles. The van der Waals surface area contributed by atoms with Crippen molar-refractivity contribution in [1.29, 1.82) is 0 Å². The van der Waals surface area contributed by atoms with Crippen molar-refractivity contribution in [2.75, 3.05) is 6.54 Å². The largest absolute Gasteiger partial charge is 0.401 e. The number of rotatable bonds is 3. The quantitative estimate of drug-likeness (QED) is 0.848. The first-order valence-corrected chi connectivity index (χ1v) is 4.82. The number of halogens is 4. The molecule has 0 spiro atoms. The van der Waals surface area contributed by atoms with Crippen molar-refractivity contribution >= 4 is 11.6 Å². The smallest absolute Gasteiger partial charge is 0.302 e. The van der Waals surface area contributed by atoms with E-state index in [1.165, 1.54) is 0 Å². The highest BCUT2D eigenvalue weighted by molar-refractivity contribution is 6.31. The summed E-state index contributed by atoms with van der Waals surface area (Å²) in [5, 5.41) is 2.84. The van der Waals surface area contributed by atoms with Gasteiger partial charge in [0.2, 0.25) is 0 Å². The van der Waals surface area contributed by atoms with Crippen LogP contribution in [0.5, 0.6) is 0 Å². The summed E-state index contributed by atoms with van der Waals surface area (Å²) in [6.45, 7) is 0.631. The summed E-state index contributed by atoms with van der Waals surface area (Å²) in [7, 11) is 0. The molecule has 0 aliphatic carbocycles. The number of alkyl halides is 3. The Labute approximate surface area is 91.2 Å². The lowest BCUT2D eigenvalue weighted by Crippen LogP contribution is -2.30. The minimum Gasteiger partial charge on any atom is -0.302 e. The Kier molecular flexibility index (Phi) is 3.99. The second kappa shape index (κ2) is 4.86. The van der Waals surface area contributed by atoms with Crippen LogP contribution in [0.1, 0.15) is 18.5 Å². The Balaban J connectivity index is 2.62. The molecule has 15 heavy (non-hydrogen) atoms. The molecule has 1 aromatic rings. The molecule has 1 nitrogen and oxygen atoms in total. The number of benzene rings is 1. The van der Waals surface area contributed by atoms with Gasteiger partial charge in [-0.2, -0.15) is 13.2 Å². The second-order valence-corrected chi connectivity index (χ2v) is 3.65. The van der Waals surface area contributed by atoms with E-state index >= 15 is 0 Å². The van der Waals surface area contributed by atoms with Gasteiger partial charge in [0.25, 0.3) is 0 Å². The van der Waals surface area contributed by atoms with E-state index in [0.717, 1.165) is 0 Å². The first-order chi connectivity index (χ1) is 6.90. The van der Waals surface area contributed by atoms with Crippen LogP contribution in [0.2, 0.25) is 5.02 Å². The molecule has 5 heteroatoms. The van der Waals surface area contributed by atoms with Crippen LogP contribution in [0.25, 0.3) is 0 Å². The van der Waals surface area contributed by atoms with E-state index in [1.807, 2.05) is 0 Å². The van der Waals surface area contributed by atoms with Gasteiger partial charge in [-0.15, -0.1) is 0 Å². The van der Waals surface area contributed by atoms with Crippen molar-refractivity contribution in [3.63, 3.8) is 0 Å². The molecule has 1 atom stereocenters. The molecule has 0 radical (unpaired) electrons. The summed E-state index contributed by atoms with van der Waals surface area (Å²) in [6, 6.07) is 6.43. The lowest BCUT2D eigenvalue weighted by atomic mass is 10.1. The van der Waals surface area contributed by atoms with E-state index in [2.05, 4.69) is 5.32 Å². The van der Waals surface area contributed by atoms with Gasteiger partial charge in [-0.3, -0.25) is 0 Å². The second-order valence-electron chi connectivity index (χ2n) is 3.24. The molecule has 0 fully saturated rings. The van der Waals surface area contributed by atoms with Gasteiger partial charge in [0.1, 0.15) is 0 Å². The average molecular weight is 238 g/mol. The predicted molar refractivity (Wildman–Crippen MR) is 53.9 cm³/mol. The molecule has 1 unspecified atom stereocenters. The number of nitrogens with one attached hydrogen (secondary N) is 1. The van der Waals surface area contributed by atoms with Crippen molar-refractivity contribution in [3.8, 4) is 0 Å². The lowest BCUT2D eigenvalue weighted by Gasteiger charge is -2.16. The van der Waals surface area contributed by atoms with Crippen LogP contribution in [0.4, 0.5) is 13.2 Å². The van der Waals surface area contributed by atoms with Crippen molar-refractivity contribution < 1.29 is 13.2 Å². The molecular weight excluding hydrogens is 227 g/mol. The minimum atomic E-state index is -4.20. The third kappa shape index (κ3) is 4.10. The summed E-state index contributed by atoms with van der Waals surface area (Å²) in [4.78, 5) is 0. The molecule has 1 N–H and O–H groups in total. The van der Waals surface area contributed by atoms with Gasteiger partial charge >= 0.3 is 6.18 Å². The molecule has 1 aromatic carbocycles. The van der Waals surface area contributed by atoms with Crippen LogP contribution in [-0.4, -0.2) is 12.7 Å². The first-order valence-electron chi connectivity index (χ1n) is 4.45. The normalized spacial score (nSPS) is 13.9. The van der Waals surface area contributed by atoms with Crippen molar-refractivity contribution in [2.45, 2.75) is 19.1 Å². The average Bonchev–Trinajstić information content (AvgIpc) is 2.14. The van der Waals surface area contributed by atoms with Gasteiger partial charge in [0, 0.05) is 11.1 Å². The van der Waals surface area contributed by atoms with Crippen LogP contribution in [0, 0.1) is 0 Å². The molecule has 0 aliphatic rings. The number of hydrogen-bond donors (Lipinski definition) is 1. The van der Waals surface area contributed by atoms with E-state index in [1.54, 1.807) is 31.2 Å². The fraction of sp³-hybridized carbons (Fsp3) is 0.400. The minimum absolute atomic E-state index is 0.416. The van der Waals surface area contributed by atoms with Crippen molar-refractivity contribution in [1.82, 2.24) is 5.32 Å². The van der Waals surface area contributed by atoms with E-state index in [0.29, 0.717) is 10.6 Å². The molecule has 0 heterocycles. The van der Waals surface area contributed by atoms with E-state index in [4.69, 9.17) is 11.6 Å². The van der Waals surface area contributed by atoms with Gasteiger partial charge in [-0.05, 0) is 18.6 Å². The zero-order valence-electron chi connectivity index (χ0n) is 8.11. The van der Waals surface area contributed by atoms with Crippen molar-refractivity contribution in [2.24, 2.45) is 0 Å². The standard InChI is InChI=1S/C10H11ClF3N/c1-7(15-6-10(12,13)14)8-4-2-3-5-9(8)11/h2-5,7,15H,6H2,1H3. The van der Waals surface area contributed by atoms with Gasteiger partial charge in [0.15, 0.2) is 0 Å². The SMILES string of the molecule is CC(NCC(F)(F)F)c1ccccc1Cl. The van der Waals surface area contributed by atoms with Crippen LogP contribution in [0.3, 0.4) is 0 Å². The molecule has 1 rings (SSSR count). The monoisotopic (exact) mass is 237 g/mol. The summed E-state index contributed by atoms with van der Waals surface area (Å²) in [6.07, 6.45) is -4.20. The fourth-order valence-electron chi connectivity index (χ4n) is 1.21. The van der Waals surface area contributed by atoms with Gasteiger partial charge < -0.3 is 5.32 Å². The van der Waals surface area contributed by atoms with Crippen LogP contribution in [-0.2, 0) is 0 Å². The van der Waals surface area contributed by atoms with Crippen LogP contribution in [0.15, 0.2) is 24.3 Å². The molecular formula is C10H11ClF3N. The zero-order valence-corrected chi connectivity index (χ0v) is 8.86. The molecule has 0 amide bonds. The number of hydrogen-bond acceptors (Lipinski definition) is 1. The third-order valence-electron chi connectivity index (χ3n) is 1.98. The highest BCUT2D eigenvalue weighted by Gasteiger charge is 2.27. The lowest BCUT2D eigenvalue weighted by molar-refractivity contribution is -0.126. The van der Waals surface area contributed by atoms with Gasteiger partial charge in [-0.1, -0.05) is 29.8 Å². The fourth-order valence-corrected chi connectivity index (χ4v) is 1.50. The topological polar surface area (TPSA) is 12.0 Å². The van der Waals surface area contributed by atoms with E-state index < -0.39 is 18.8 Å². The van der Waals surface area contributed by atoms with E-state index in [9.17, 15) is 13.2 Å². The van der Waals surface area contributed by atoms with Crippen LogP contribution >= 0.6 is 11.6 Å². The Morgan fingerprint density at radius 1 is 1.33 bits per heavy atom. The maximum Gasteiger partial charge on any atom is 0.401 e. The predicted octanol–water partition coefficient (Wildman–Crippen LogP) is 3.55. The summed E-state index contributed by atoms with van der Waals surface area (Å²) >= 11 is 5.85. The van der Waals surface area contributed by atoms with Crippen LogP contribution < -0.4 is 5.32 Å². The maximum atomic E-state index is 11.9. The summed E-state index contributed by atoms with van der Waals surface area (Å²) < 4.78 is 35.8. The third-order valence-corrected chi connectivity index (χ3v) is 2.32.